The zero-order valence-corrected chi connectivity index (χ0v) is 13.3. The van der Waals surface area contributed by atoms with Gasteiger partial charge in [0.15, 0.2) is 0 Å². The number of nitrogens with one attached hydrogen (secondary N) is 1. The van der Waals surface area contributed by atoms with Crippen molar-refractivity contribution in [1.82, 2.24) is 5.32 Å². The number of halogens is 2. The predicted octanol–water partition coefficient (Wildman–Crippen LogP) is -4.21. The maximum Gasteiger partial charge on any atom is 2.00 e. The first-order valence-corrected chi connectivity index (χ1v) is 5.88. The molecule has 0 aromatic rings. The van der Waals surface area contributed by atoms with Crippen LogP contribution >= 0.6 is 0 Å². The summed E-state index contributed by atoms with van der Waals surface area (Å²) < 4.78 is 0. The fourth-order valence-electron chi connectivity index (χ4n) is 2.76. The van der Waals surface area contributed by atoms with Crippen LogP contribution in [0.3, 0.4) is 0 Å². The molecule has 0 aromatic heterocycles. The van der Waals surface area contributed by atoms with Gasteiger partial charge < -0.3 is 35.9 Å². The number of hydrogen-bond acceptors (Lipinski definition) is 2. The Hall–Kier alpha value is 1.19. The molecule has 5 heteroatoms. The van der Waals surface area contributed by atoms with E-state index in [4.69, 9.17) is 5.73 Å². The van der Waals surface area contributed by atoms with E-state index >= 15 is 0 Å². The third-order valence-corrected chi connectivity index (χ3v) is 3.62. The third-order valence-electron chi connectivity index (χ3n) is 3.62. The maximum absolute atomic E-state index is 6.09. The fourth-order valence-corrected chi connectivity index (χ4v) is 2.76. The van der Waals surface area contributed by atoms with Crippen molar-refractivity contribution < 1.29 is 45.9 Å². The zero-order chi connectivity index (χ0) is 9.10. The van der Waals surface area contributed by atoms with Gasteiger partial charge in [-0.15, -0.1) is 0 Å². The summed E-state index contributed by atoms with van der Waals surface area (Å²) in [6, 6.07) is 1.83. The van der Waals surface area contributed by atoms with E-state index in [9.17, 15) is 0 Å². The van der Waals surface area contributed by atoms with E-state index in [2.05, 4.69) is 5.32 Å². The molecule has 2 saturated carbocycles. The Morgan fingerprint density at radius 1 is 0.812 bits per heavy atom. The van der Waals surface area contributed by atoms with E-state index < -0.39 is 0 Å². The molecule has 0 bridgehead atoms. The van der Waals surface area contributed by atoms with E-state index in [1.807, 2.05) is 0 Å². The monoisotopic (exact) mass is 447 g/mol. The normalized spacial score (nSPS) is 29.8. The Kier molecular flexibility index (Phi) is 12.4. The summed E-state index contributed by atoms with van der Waals surface area (Å²) >= 11 is 0. The van der Waals surface area contributed by atoms with Gasteiger partial charge in [0.1, 0.15) is 0 Å². The molecule has 2 aliphatic carbocycles. The average molecular weight is 448 g/mol. The first kappa shape index (κ1) is 19.5. The summed E-state index contributed by atoms with van der Waals surface area (Å²) in [6.07, 6.45) is 10.8. The van der Waals surface area contributed by atoms with Crippen LogP contribution in [0, 0.1) is 0 Å². The van der Waals surface area contributed by atoms with Crippen LogP contribution in [0.2, 0.25) is 0 Å². The standard InChI is InChI=1S/C11H22N2.2ClH.Pt/c12-10-7-3-4-8-11(10)13-9-5-1-2-6-9;;;/h9-11,13H,1-8,12H2;2*1H;/q;;;+2/p-2/t10-,11-;;;/m1.../s1. The second-order valence-corrected chi connectivity index (χ2v) is 4.70. The molecule has 2 aliphatic rings. The van der Waals surface area contributed by atoms with Crippen molar-refractivity contribution in [2.75, 3.05) is 0 Å². The quantitative estimate of drug-likeness (QED) is 0.450. The molecular formula is C11H22Cl2N2Pt. The van der Waals surface area contributed by atoms with Crippen molar-refractivity contribution in [3.8, 4) is 0 Å². The van der Waals surface area contributed by atoms with E-state index in [0.29, 0.717) is 12.1 Å². The van der Waals surface area contributed by atoms with Gasteiger partial charge in [-0.2, -0.15) is 0 Å². The molecule has 16 heavy (non-hydrogen) atoms. The first-order chi connectivity index (χ1) is 6.36. The summed E-state index contributed by atoms with van der Waals surface area (Å²) in [4.78, 5) is 0. The molecule has 2 nitrogen and oxygen atoms in total. The summed E-state index contributed by atoms with van der Waals surface area (Å²) in [5.74, 6) is 0. The van der Waals surface area contributed by atoms with Crippen LogP contribution < -0.4 is 35.9 Å². The Labute approximate surface area is 126 Å². The van der Waals surface area contributed by atoms with Crippen LogP contribution in [0.25, 0.3) is 0 Å². The average Bonchev–Trinajstić information content (AvgIpc) is 2.61. The molecule has 2 fully saturated rings. The van der Waals surface area contributed by atoms with Gasteiger partial charge >= 0.3 is 21.1 Å². The van der Waals surface area contributed by atoms with Gasteiger partial charge in [0, 0.05) is 18.1 Å². The van der Waals surface area contributed by atoms with Crippen molar-refractivity contribution >= 4 is 0 Å². The molecule has 0 aromatic carbocycles. The minimum absolute atomic E-state index is 0. The van der Waals surface area contributed by atoms with Gasteiger partial charge in [-0.1, -0.05) is 25.7 Å². The Bertz CT molecular complexity index is 166. The van der Waals surface area contributed by atoms with Gasteiger partial charge in [0.2, 0.25) is 0 Å². The Morgan fingerprint density at radius 2 is 1.31 bits per heavy atom. The van der Waals surface area contributed by atoms with E-state index in [0.717, 1.165) is 6.04 Å². The van der Waals surface area contributed by atoms with E-state index in [1.54, 1.807) is 0 Å². The summed E-state index contributed by atoms with van der Waals surface area (Å²) in [5, 5.41) is 3.74. The summed E-state index contributed by atoms with van der Waals surface area (Å²) in [5.41, 5.74) is 6.09. The molecule has 2 atom stereocenters. The van der Waals surface area contributed by atoms with Crippen LogP contribution in [-0.2, 0) is 21.1 Å². The summed E-state index contributed by atoms with van der Waals surface area (Å²) in [7, 11) is 0. The molecule has 0 saturated heterocycles. The molecule has 2 rings (SSSR count). The largest absolute Gasteiger partial charge is 2.00 e. The first-order valence-electron chi connectivity index (χ1n) is 5.88. The van der Waals surface area contributed by atoms with Gasteiger partial charge in [0.05, 0.1) is 0 Å². The van der Waals surface area contributed by atoms with Gasteiger partial charge in [0.25, 0.3) is 0 Å². The molecule has 0 aliphatic heterocycles. The maximum atomic E-state index is 6.09. The minimum Gasteiger partial charge on any atom is -1.00 e. The zero-order valence-electron chi connectivity index (χ0n) is 9.54. The Morgan fingerprint density at radius 3 is 1.88 bits per heavy atom. The molecular weight excluding hydrogens is 426 g/mol. The van der Waals surface area contributed by atoms with E-state index in [-0.39, 0.29) is 45.9 Å². The molecule has 0 unspecified atom stereocenters. The molecule has 0 amide bonds. The van der Waals surface area contributed by atoms with Crippen molar-refractivity contribution in [3.63, 3.8) is 0 Å². The summed E-state index contributed by atoms with van der Waals surface area (Å²) in [6.45, 7) is 0. The second-order valence-electron chi connectivity index (χ2n) is 4.70. The number of hydrogen-bond donors (Lipinski definition) is 2. The topological polar surface area (TPSA) is 38.0 Å². The van der Waals surface area contributed by atoms with Crippen molar-refractivity contribution in [2.24, 2.45) is 5.73 Å². The third kappa shape index (κ3) is 5.69. The van der Waals surface area contributed by atoms with Crippen LogP contribution in [0.4, 0.5) is 0 Å². The molecule has 0 heterocycles. The van der Waals surface area contributed by atoms with E-state index in [1.165, 1.54) is 51.4 Å². The molecule has 3 N–H and O–H groups in total. The fraction of sp³-hybridized carbons (Fsp3) is 1.00. The van der Waals surface area contributed by atoms with Gasteiger partial charge in [-0.05, 0) is 25.7 Å². The van der Waals surface area contributed by atoms with Gasteiger partial charge in [-0.3, -0.25) is 0 Å². The smallest absolute Gasteiger partial charge is 1.00 e. The second kappa shape index (κ2) is 10.1. The number of nitrogens with two attached hydrogens (primary N) is 1. The van der Waals surface area contributed by atoms with Crippen LogP contribution in [-0.4, -0.2) is 18.1 Å². The van der Waals surface area contributed by atoms with Crippen LogP contribution in [0.5, 0.6) is 0 Å². The molecule has 0 radical (unpaired) electrons. The van der Waals surface area contributed by atoms with Crippen molar-refractivity contribution in [3.05, 3.63) is 0 Å². The van der Waals surface area contributed by atoms with Crippen molar-refractivity contribution in [2.45, 2.75) is 69.5 Å². The SMILES string of the molecule is N[C@@H]1CCCC[C@H]1NC1CCCC1.[Cl-].[Cl-].[Pt+2]. The Balaban J connectivity index is 0. The number of rotatable bonds is 2. The van der Waals surface area contributed by atoms with Gasteiger partial charge in [-0.25, -0.2) is 0 Å². The molecule has 0 spiro atoms. The van der Waals surface area contributed by atoms with Crippen molar-refractivity contribution in [1.29, 1.82) is 0 Å². The minimum atomic E-state index is 0. The predicted molar refractivity (Wildman–Crippen MR) is 55.6 cm³/mol. The van der Waals surface area contributed by atoms with Crippen LogP contribution in [0.1, 0.15) is 51.4 Å². The van der Waals surface area contributed by atoms with Crippen LogP contribution in [0.15, 0.2) is 0 Å². The molecule has 100 valence electrons.